The van der Waals surface area contributed by atoms with Gasteiger partial charge in [-0.1, -0.05) is 74.0 Å². The number of pyridine rings is 2. The molecule has 61 heavy (non-hydrogen) atoms. The van der Waals surface area contributed by atoms with Crippen molar-refractivity contribution in [3.8, 4) is 57.1 Å². The number of hydrogen-bond donors (Lipinski definition) is 0. The van der Waals surface area contributed by atoms with Gasteiger partial charge in [-0.05, 0) is 161 Å². The Morgan fingerprint density at radius 2 is 1.30 bits per heavy atom. The molecule has 0 aliphatic heterocycles. The zero-order valence-corrected chi connectivity index (χ0v) is 34.8. The first-order valence-corrected chi connectivity index (χ1v) is 21.6. The molecule has 0 spiro atoms. The standard InChI is InChI=1S/C56H40N4S/c1-5-8-15-49-35(4)55-51(17-11-27-57-55)59(49)42-23-21-41-30-40-20-19-38(31-45(40)46(41)33-42)36-13-10-14-37(29-36)39-22-25-53-47(32-39)48-34-43(24-26-54(48)61-53)60-50(16-9-6-2)44(7-3)56-52(60)18-12-28-58-56/h1,7-29,31-34H,3,6,30H2,2,4H3/b15-8-,16-9-. The Morgan fingerprint density at radius 1 is 0.672 bits per heavy atom. The van der Waals surface area contributed by atoms with Crippen LogP contribution >= 0.6 is 11.3 Å². The lowest BCUT2D eigenvalue weighted by atomic mass is 9.95. The van der Waals surface area contributed by atoms with E-state index in [0.29, 0.717) is 0 Å². The lowest BCUT2D eigenvalue weighted by Gasteiger charge is -2.12. The number of nitrogens with zero attached hydrogens (tertiary/aromatic N) is 4. The largest absolute Gasteiger partial charge is 0.308 e. The molecule has 0 N–H and O–H groups in total. The lowest BCUT2D eigenvalue weighted by molar-refractivity contribution is 1.09. The molecule has 0 amide bonds. The quantitative estimate of drug-likeness (QED) is 0.144. The molecule has 0 fully saturated rings. The van der Waals surface area contributed by atoms with Crippen LogP contribution < -0.4 is 0 Å². The second kappa shape index (κ2) is 14.6. The number of aryl methyl sites for hydroxylation is 1. The van der Waals surface area contributed by atoms with Crippen molar-refractivity contribution in [2.75, 3.05) is 0 Å². The lowest BCUT2D eigenvalue weighted by Crippen LogP contribution is -1.98. The van der Waals surface area contributed by atoms with Gasteiger partial charge < -0.3 is 9.13 Å². The summed E-state index contributed by atoms with van der Waals surface area (Å²) < 4.78 is 7.16. The van der Waals surface area contributed by atoms with Gasteiger partial charge in [-0.15, -0.1) is 17.8 Å². The van der Waals surface area contributed by atoms with Crippen LogP contribution in [0.15, 0.2) is 152 Å². The van der Waals surface area contributed by atoms with Crippen LogP contribution in [0.25, 0.3) is 105 Å². The van der Waals surface area contributed by atoms with Crippen LogP contribution in [0, 0.1) is 19.3 Å². The van der Waals surface area contributed by atoms with Gasteiger partial charge in [0, 0.05) is 55.1 Å². The topological polar surface area (TPSA) is 35.6 Å². The minimum absolute atomic E-state index is 0.919. The second-order valence-corrected chi connectivity index (χ2v) is 16.8. The van der Waals surface area contributed by atoms with E-state index in [1.807, 2.05) is 48.0 Å². The van der Waals surface area contributed by atoms with Crippen LogP contribution in [-0.2, 0) is 6.42 Å². The summed E-state index contributed by atoms with van der Waals surface area (Å²) in [6, 6.07) is 44.8. The predicted molar refractivity (Wildman–Crippen MR) is 260 cm³/mol. The van der Waals surface area contributed by atoms with E-state index in [2.05, 4.69) is 157 Å². The molecule has 0 radical (unpaired) electrons. The molecule has 5 heterocycles. The van der Waals surface area contributed by atoms with Crippen LogP contribution in [0.4, 0.5) is 0 Å². The molecule has 5 aromatic heterocycles. The molecule has 0 saturated heterocycles. The number of aromatic nitrogens is 4. The highest BCUT2D eigenvalue weighted by atomic mass is 32.1. The minimum atomic E-state index is 0.919. The van der Waals surface area contributed by atoms with Gasteiger partial charge in [0.15, 0.2) is 0 Å². The number of thiophene rings is 1. The molecular formula is C56H40N4S. The molecule has 4 nitrogen and oxygen atoms in total. The Hall–Kier alpha value is -7.52. The zero-order chi connectivity index (χ0) is 41.2. The van der Waals surface area contributed by atoms with Gasteiger partial charge in [-0.2, -0.15) is 0 Å². The van der Waals surface area contributed by atoms with E-state index in [-0.39, 0.29) is 0 Å². The average Bonchev–Trinajstić information content (AvgIpc) is 4.03. The summed E-state index contributed by atoms with van der Waals surface area (Å²) in [7, 11) is 0. The summed E-state index contributed by atoms with van der Waals surface area (Å²) in [6.07, 6.45) is 21.4. The predicted octanol–water partition coefficient (Wildman–Crippen LogP) is 14.7. The number of rotatable bonds is 8. The van der Waals surface area contributed by atoms with Crippen LogP contribution in [0.3, 0.4) is 0 Å². The van der Waals surface area contributed by atoms with Gasteiger partial charge in [0.2, 0.25) is 0 Å². The third-order valence-corrected chi connectivity index (χ3v) is 13.4. The van der Waals surface area contributed by atoms with E-state index in [0.717, 1.165) is 68.8 Å². The maximum absolute atomic E-state index is 5.67. The number of allylic oxidation sites excluding steroid dienone is 2. The van der Waals surface area contributed by atoms with Gasteiger partial charge >= 0.3 is 0 Å². The fourth-order valence-corrected chi connectivity index (χ4v) is 10.4. The third kappa shape index (κ3) is 5.91. The second-order valence-electron chi connectivity index (χ2n) is 15.7. The van der Waals surface area contributed by atoms with Crippen LogP contribution in [0.2, 0.25) is 0 Å². The van der Waals surface area contributed by atoms with E-state index < -0.39 is 0 Å². The van der Waals surface area contributed by atoms with Gasteiger partial charge in [-0.25, -0.2) is 0 Å². The van der Waals surface area contributed by atoms with Crippen molar-refractivity contribution in [3.05, 3.63) is 186 Å². The molecule has 290 valence electrons. The zero-order valence-electron chi connectivity index (χ0n) is 34.0. The number of fused-ring (bicyclic) bond motifs is 8. The molecule has 10 aromatic rings. The number of benzene rings is 5. The van der Waals surface area contributed by atoms with Crippen molar-refractivity contribution in [2.24, 2.45) is 0 Å². The number of hydrogen-bond acceptors (Lipinski definition) is 3. The molecular weight excluding hydrogens is 761 g/mol. The SMILES string of the molecule is C#C/C=C\c1c(C)c2ncccc2n1-c1ccc2c(c1)-c1cc(-c3cccc(-c4ccc5sc6ccc(-n7c(/C=C\CC)c(C=C)c8ncccc87)cc6c5c4)c3)ccc1C2. The van der Waals surface area contributed by atoms with Crippen molar-refractivity contribution >= 4 is 71.8 Å². The Bertz CT molecular complexity index is 3540. The van der Waals surface area contributed by atoms with Gasteiger partial charge in [0.25, 0.3) is 0 Å². The highest BCUT2D eigenvalue weighted by molar-refractivity contribution is 7.25. The van der Waals surface area contributed by atoms with Crippen molar-refractivity contribution in [1.82, 2.24) is 19.1 Å². The average molecular weight is 801 g/mol. The highest BCUT2D eigenvalue weighted by Gasteiger charge is 2.23. The molecule has 0 unspecified atom stereocenters. The molecule has 1 aliphatic carbocycles. The molecule has 5 heteroatoms. The summed E-state index contributed by atoms with van der Waals surface area (Å²) in [5, 5.41) is 2.51. The summed E-state index contributed by atoms with van der Waals surface area (Å²) in [5.74, 6) is 2.67. The maximum atomic E-state index is 5.67. The molecule has 0 atom stereocenters. The fraction of sp³-hybridized carbons (Fsp3) is 0.0714. The highest BCUT2D eigenvalue weighted by Crippen LogP contribution is 2.43. The summed E-state index contributed by atoms with van der Waals surface area (Å²) in [6.45, 7) is 8.45. The normalized spacial score (nSPS) is 12.3. The Kier molecular flexibility index (Phi) is 8.77. The molecule has 11 rings (SSSR count). The van der Waals surface area contributed by atoms with Crippen molar-refractivity contribution in [3.63, 3.8) is 0 Å². The first-order chi connectivity index (χ1) is 30.0. The van der Waals surface area contributed by atoms with Crippen molar-refractivity contribution < 1.29 is 0 Å². The van der Waals surface area contributed by atoms with E-state index in [9.17, 15) is 0 Å². The molecule has 1 aliphatic rings. The monoisotopic (exact) mass is 800 g/mol. The summed E-state index contributed by atoms with van der Waals surface area (Å²) in [4.78, 5) is 9.50. The van der Waals surface area contributed by atoms with Gasteiger partial charge in [0.1, 0.15) is 0 Å². The third-order valence-electron chi connectivity index (χ3n) is 12.2. The summed E-state index contributed by atoms with van der Waals surface area (Å²) >= 11 is 1.84. The van der Waals surface area contributed by atoms with Crippen LogP contribution in [0.1, 0.15) is 47.0 Å². The Balaban J connectivity index is 0.974. The molecule has 0 bridgehead atoms. The Labute approximate surface area is 359 Å². The smallest absolute Gasteiger partial charge is 0.0963 e. The van der Waals surface area contributed by atoms with E-state index in [1.165, 1.54) is 64.7 Å². The van der Waals surface area contributed by atoms with Gasteiger partial charge in [0.05, 0.1) is 33.5 Å². The van der Waals surface area contributed by atoms with E-state index in [4.69, 9.17) is 16.4 Å². The summed E-state index contributed by atoms with van der Waals surface area (Å²) in [5.41, 5.74) is 20.6. The van der Waals surface area contributed by atoms with Crippen molar-refractivity contribution in [2.45, 2.75) is 26.7 Å². The minimum Gasteiger partial charge on any atom is -0.308 e. The Morgan fingerprint density at radius 3 is 2.07 bits per heavy atom. The first-order valence-electron chi connectivity index (χ1n) is 20.7. The van der Waals surface area contributed by atoms with Crippen LogP contribution in [-0.4, -0.2) is 19.1 Å². The number of terminal acetylenes is 1. The van der Waals surface area contributed by atoms with Crippen LogP contribution in [0.5, 0.6) is 0 Å². The first kappa shape index (κ1) is 36.6. The van der Waals surface area contributed by atoms with E-state index in [1.54, 1.807) is 6.08 Å². The fourth-order valence-electron chi connectivity index (χ4n) is 9.36. The molecule has 0 saturated carbocycles. The molecule has 5 aromatic carbocycles. The van der Waals surface area contributed by atoms with Gasteiger partial charge in [-0.3, -0.25) is 9.97 Å². The van der Waals surface area contributed by atoms with E-state index >= 15 is 0 Å². The maximum Gasteiger partial charge on any atom is 0.0963 e. The van der Waals surface area contributed by atoms with Crippen molar-refractivity contribution in [1.29, 1.82) is 0 Å².